The summed E-state index contributed by atoms with van der Waals surface area (Å²) >= 11 is 0. The molecule has 4 nitrogen and oxygen atoms in total. The second-order valence-electron chi connectivity index (χ2n) is 5.67. The number of carboxylic acids is 2. The molecule has 92 valence electrons. The van der Waals surface area contributed by atoms with Crippen molar-refractivity contribution in [1.82, 2.24) is 0 Å². The Labute approximate surface area is 132 Å². The van der Waals surface area contributed by atoms with Gasteiger partial charge in [0.1, 0.15) is 0 Å². The van der Waals surface area contributed by atoms with E-state index in [-0.39, 0.29) is 49.1 Å². The molecule has 0 saturated heterocycles. The maximum absolute atomic E-state index is 11.1. The van der Waals surface area contributed by atoms with E-state index in [4.69, 9.17) is 0 Å². The second kappa shape index (κ2) is 6.39. The summed E-state index contributed by atoms with van der Waals surface area (Å²) in [6.45, 7) is 5.81. The molecule has 5 heteroatoms. The van der Waals surface area contributed by atoms with Crippen LogP contribution in [0.5, 0.6) is 0 Å². The number of carbonyl (C=O) groups is 2. The molecule has 3 atom stereocenters. The van der Waals surface area contributed by atoms with Gasteiger partial charge in [-0.3, -0.25) is 0 Å². The molecule has 0 radical (unpaired) electrons. The summed E-state index contributed by atoms with van der Waals surface area (Å²) in [5.41, 5.74) is -0.223. The second-order valence-corrected chi connectivity index (χ2v) is 5.67. The SMILES string of the molecule is CC(C)(C)C1CCCC(C(=O)[O-])C1C(=O)[O-].[Ca+2]. The summed E-state index contributed by atoms with van der Waals surface area (Å²) in [4.78, 5) is 22.1. The molecular formula is C12H18CaO4. The van der Waals surface area contributed by atoms with E-state index in [1.807, 2.05) is 20.8 Å². The Morgan fingerprint density at radius 1 is 1.06 bits per heavy atom. The average molecular weight is 266 g/mol. The Hall–Kier alpha value is 0.200. The Kier molecular flexibility index (Phi) is 6.47. The number of carbonyl (C=O) groups excluding carboxylic acids is 2. The van der Waals surface area contributed by atoms with Gasteiger partial charge in [0.15, 0.2) is 0 Å². The average Bonchev–Trinajstić information content (AvgIpc) is 2.14. The molecule has 3 unspecified atom stereocenters. The van der Waals surface area contributed by atoms with Crippen LogP contribution >= 0.6 is 0 Å². The van der Waals surface area contributed by atoms with E-state index in [0.29, 0.717) is 6.42 Å². The first kappa shape index (κ1) is 17.2. The fraction of sp³-hybridized carbons (Fsp3) is 0.833. The number of hydrogen-bond donors (Lipinski definition) is 0. The standard InChI is InChI=1S/C12H20O4.Ca/c1-12(2,3)8-6-4-5-7(10(13)14)9(8)11(15)16;/h7-9H,4-6H2,1-3H3,(H,13,14)(H,15,16);/q;+2/p-2. The van der Waals surface area contributed by atoms with E-state index >= 15 is 0 Å². The van der Waals surface area contributed by atoms with Crippen LogP contribution in [-0.2, 0) is 9.59 Å². The van der Waals surface area contributed by atoms with Gasteiger partial charge in [0, 0.05) is 23.8 Å². The van der Waals surface area contributed by atoms with Gasteiger partial charge < -0.3 is 19.8 Å². The van der Waals surface area contributed by atoms with E-state index in [0.717, 1.165) is 12.8 Å². The minimum absolute atomic E-state index is 0. The number of aliphatic carboxylic acids is 2. The first-order valence-electron chi connectivity index (χ1n) is 5.67. The molecule has 1 fully saturated rings. The quantitative estimate of drug-likeness (QED) is 0.612. The van der Waals surface area contributed by atoms with Crippen molar-refractivity contribution in [2.75, 3.05) is 0 Å². The minimum atomic E-state index is -1.26. The third-order valence-electron chi connectivity index (χ3n) is 3.58. The van der Waals surface area contributed by atoms with Crippen LogP contribution < -0.4 is 10.2 Å². The van der Waals surface area contributed by atoms with Crippen LogP contribution in [0.4, 0.5) is 0 Å². The van der Waals surface area contributed by atoms with Crippen molar-refractivity contribution in [3.05, 3.63) is 0 Å². The van der Waals surface area contributed by atoms with Gasteiger partial charge in [0.2, 0.25) is 0 Å². The van der Waals surface area contributed by atoms with Crippen LogP contribution in [0, 0.1) is 23.2 Å². The molecule has 0 aromatic heterocycles. The van der Waals surface area contributed by atoms with Crippen molar-refractivity contribution in [2.24, 2.45) is 23.2 Å². The zero-order valence-corrected chi connectivity index (χ0v) is 12.9. The number of rotatable bonds is 2. The van der Waals surface area contributed by atoms with Crippen molar-refractivity contribution in [3.8, 4) is 0 Å². The van der Waals surface area contributed by atoms with Crippen molar-refractivity contribution in [3.63, 3.8) is 0 Å². The van der Waals surface area contributed by atoms with Gasteiger partial charge >= 0.3 is 37.7 Å². The fourth-order valence-electron chi connectivity index (χ4n) is 2.76. The van der Waals surface area contributed by atoms with Crippen LogP contribution in [0.3, 0.4) is 0 Å². The molecule has 1 aliphatic rings. The van der Waals surface area contributed by atoms with Gasteiger partial charge in [0.25, 0.3) is 0 Å². The van der Waals surface area contributed by atoms with E-state index < -0.39 is 23.8 Å². The summed E-state index contributed by atoms with van der Waals surface area (Å²) in [6.07, 6.45) is 1.86. The van der Waals surface area contributed by atoms with Gasteiger partial charge in [0.05, 0.1) is 0 Å². The monoisotopic (exact) mass is 266 g/mol. The fourth-order valence-corrected chi connectivity index (χ4v) is 2.76. The largest absolute Gasteiger partial charge is 2.00 e. The Morgan fingerprint density at radius 2 is 1.59 bits per heavy atom. The summed E-state index contributed by atoms with van der Waals surface area (Å²) in [5.74, 6) is -4.49. The summed E-state index contributed by atoms with van der Waals surface area (Å²) < 4.78 is 0. The van der Waals surface area contributed by atoms with Gasteiger partial charge in [-0.25, -0.2) is 0 Å². The summed E-state index contributed by atoms with van der Waals surface area (Å²) in [5, 5.41) is 22.1. The molecule has 1 aliphatic carbocycles. The topological polar surface area (TPSA) is 80.3 Å². The first-order valence-corrected chi connectivity index (χ1v) is 5.67. The van der Waals surface area contributed by atoms with Crippen LogP contribution in [0.2, 0.25) is 0 Å². The molecule has 0 bridgehead atoms. The molecule has 0 aromatic carbocycles. The van der Waals surface area contributed by atoms with Gasteiger partial charge in [-0.1, -0.05) is 27.2 Å². The van der Waals surface area contributed by atoms with Crippen LogP contribution in [-0.4, -0.2) is 49.7 Å². The molecule has 0 heterocycles. The van der Waals surface area contributed by atoms with Crippen LogP contribution in [0.25, 0.3) is 0 Å². The van der Waals surface area contributed by atoms with Crippen molar-refractivity contribution >= 4 is 49.7 Å². The van der Waals surface area contributed by atoms with E-state index in [1.165, 1.54) is 0 Å². The van der Waals surface area contributed by atoms with Gasteiger partial charge in [-0.15, -0.1) is 0 Å². The minimum Gasteiger partial charge on any atom is -0.550 e. The van der Waals surface area contributed by atoms with E-state index in [9.17, 15) is 19.8 Å². The number of hydrogen-bond acceptors (Lipinski definition) is 4. The van der Waals surface area contributed by atoms with Crippen molar-refractivity contribution < 1.29 is 19.8 Å². The molecule has 0 aromatic rings. The van der Waals surface area contributed by atoms with Crippen molar-refractivity contribution in [2.45, 2.75) is 40.0 Å². The summed E-state index contributed by atoms with van der Waals surface area (Å²) in [7, 11) is 0. The van der Waals surface area contributed by atoms with Crippen molar-refractivity contribution in [1.29, 1.82) is 0 Å². The van der Waals surface area contributed by atoms with Crippen LogP contribution in [0.15, 0.2) is 0 Å². The predicted octanol–water partition coefficient (Wildman–Crippen LogP) is -0.816. The number of carboxylic acid groups (broad SMARTS) is 2. The molecule has 0 N–H and O–H groups in total. The smallest absolute Gasteiger partial charge is 0.550 e. The van der Waals surface area contributed by atoms with Gasteiger partial charge in [-0.2, -0.15) is 0 Å². The summed E-state index contributed by atoms with van der Waals surface area (Å²) in [6, 6.07) is 0. The zero-order valence-electron chi connectivity index (χ0n) is 10.7. The Morgan fingerprint density at radius 3 is 1.94 bits per heavy atom. The zero-order chi connectivity index (χ0) is 12.5. The maximum Gasteiger partial charge on any atom is 2.00 e. The molecule has 0 aliphatic heterocycles. The first-order chi connectivity index (χ1) is 7.25. The molecule has 1 saturated carbocycles. The molecule has 1 rings (SSSR count). The van der Waals surface area contributed by atoms with Gasteiger partial charge in [-0.05, 0) is 24.2 Å². The Balaban J connectivity index is 0.00000256. The maximum atomic E-state index is 11.1. The molecular weight excluding hydrogens is 248 g/mol. The third kappa shape index (κ3) is 4.11. The molecule has 0 spiro atoms. The molecule has 0 amide bonds. The Bertz CT molecular complexity index is 295. The van der Waals surface area contributed by atoms with Crippen LogP contribution in [0.1, 0.15) is 40.0 Å². The normalized spacial score (nSPS) is 29.2. The van der Waals surface area contributed by atoms with E-state index in [1.54, 1.807) is 0 Å². The van der Waals surface area contributed by atoms with E-state index in [2.05, 4.69) is 0 Å². The third-order valence-corrected chi connectivity index (χ3v) is 3.58. The molecule has 17 heavy (non-hydrogen) atoms. The predicted molar refractivity (Wildman–Crippen MR) is 59.5 cm³/mol.